The quantitative estimate of drug-likeness (QED) is 0.189. The largest absolute Gasteiger partial charge is 0.507 e. The molecule has 1 fully saturated rings. The number of Topliss-reactive ketones (excluding diaryl/α,β-unsaturated/α-hetero) is 1. The predicted octanol–water partition coefficient (Wildman–Crippen LogP) is 2.09. The highest BCUT2D eigenvalue weighted by Crippen LogP contribution is 2.52. The number of ether oxygens (including phenoxy) is 4. The molecular formula is C33H33NO11. The molecule has 3 aromatic rings. The lowest BCUT2D eigenvalue weighted by molar-refractivity contribution is -0.247. The van der Waals surface area contributed by atoms with Gasteiger partial charge in [0.05, 0.1) is 42.1 Å². The standard InChI is InChI=1S/C33H33NO11/c1-15-28(36)19(34)11-23(44-15)45-21-13-33(41,22(35)14-43-16-7-4-3-5-8-16)12-18-25(21)32(40)27-26(30(18)38)29(37)17-9-6-10-20(42-2)24(17)31(27)39/h3-10,15,19,21,23,28,36,38,40-41H,11-14,34H2,1-2H3. The smallest absolute Gasteiger partial charge is 0.202 e. The Hall–Kier alpha value is -4.33. The third kappa shape index (κ3) is 5.14. The third-order valence-corrected chi connectivity index (χ3v) is 8.77. The number of fused-ring (bicyclic) bond motifs is 3. The number of hydrogen-bond acceptors (Lipinski definition) is 12. The molecule has 1 aliphatic heterocycles. The van der Waals surface area contributed by atoms with Crippen LogP contribution in [0.3, 0.4) is 0 Å². The molecule has 3 aliphatic rings. The van der Waals surface area contributed by atoms with E-state index >= 15 is 0 Å². The summed E-state index contributed by atoms with van der Waals surface area (Å²) in [5.74, 6) is -3.06. The van der Waals surface area contributed by atoms with E-state index < -0.39 is 95.7 Å². The van der Waals surface area contributed by atoms with E-state index in [1.807, 2.05) is 0 Å². The Bertz CT molecular complexity index is 1680. The molecule has 6 atom stereocenters. The lowest BCUT2D eigenvalue weighted by Crippen LogP contribution is -2.53. The van der Waals surface area contributed by atoms with Crippen LogP contribution in [0.2, 0.25) is 0 Å². The summed E-state index contributed by atoms with van der Waals surface area (Å²) in [6.07, 6.45) is -4.98. The van der Waals surface area contributed by atoms with Crippen molar-refractivity contribution >= 4 is 17.3 Å². The van der Waals surface area contributed by atoms with Crippen LogP contribution in [0.1, 0.15) is 68.8 Å². The number of nitrogens with two attached hydrogens (primary N) is 1. The van der Waals surface area contributed by atoms with E-state index in [1.54, 1.807) is 37.3 Å². The SMILES string of the molecule is COc1cccc2c1C(=O)c1c(O)c3c(c(O)c1C2=O)CC(O)(C(=O)COc1ccccc1)CC3OC1CC(N)C(O)C(C)O1. The molecule has 0 radical (unpaired) electrons. The minimum absolute atomic E-state index is 0.0283. The number of aliphatic hydroxyl groups is 2. The summed E-state index contributed by atoms with van der Waals surface area (Å²) in [5.41, 5.74) is 2.67. The summed E-state index contributed by atoms with van der Waals surface area (Å²) < 4.78 is 22.9. The molecular weight excluding hydrogens is 586 g/mol. The fourth-order valence-corrected chi connectivity index (χ4v) is 6.40. The second-order valence-electron chi connectivity index (χ2n) is 11.6. The normalized spacial score (nSPS) is 27.3. The summed E-state index contributed by atoms with van der Waals surface area (Å²) in [6, 6.07) is 12.2. The number of para-hydroxylation sites is 1. The molecule has 1 heterocycles. The number of methoxy groups -OCH3 is 1. The summed E-state index contributed by atoms with van der Waals surface area (Å²) >= 11 is 0. The van der Waals surface area contributed by atoms with Crippen LogP contribution >= 0.6 is 0 Å². The Morgan fingerprint density at radius 3 is 2.42 bits per heavy atom. The van der Waals surface area contributed by atoms with Crippen molar-refractivity contribution in [2.45, 2.75) is 62.4 Å². The highest BCUT2D eigenvalue weighted by molar-refractivity contribution is 6.31. The van der Waals surface area contributed by atoms with Gasteiger partial charge in [-0.2, -0.15) is 0 Å². The first-order chi connectivity index (χ1) is 21.4. The van der Waals surface area contributed by atoms with Gasteiger partial charge in [-0.05, 0) is 25.1 Å². The van der Waals surface area contributed by atoms with Gasteiger partial charge in [-0.1, -0.05) is 30.3 Å². The number of carbonyl (C=O) groups is 3. The van der Waals surface area contributed by atoms with Gasteiger partial charge in [0.1, 0.15) is 35.2 Å². The van der Waals surface area contributed by atoms with Gasteiger partial charge in [0.15, 0.2) is 12.1 Å². The van der Waals surface area contributed by atoms with Crippen molar-refractivity contribution in [3.63, 3.8) is 0 Å². The minimum atomic E-state index is -2.19. The number of hydrogen-bond donors (Lipinski definition) is 5. The number of phenols is 2. The van der Waals surface area contributed by atoms with E-state index in [9.17, 15) is 34.8 Å². The maximum atomic E-state index is 13.8. The Labute approximate surface area is 257 Å². The molecule has 0 aromatic heterocycles. The summed E-state index contributed by atoms with van der Waals surface area (Å²) in [4.78, 5) is 41.1. The molecule has 0 spiro atoms. The molecule has 0 amide bonds. The number of benzene rings is 3. The molecule has 6 N–H and O–H groups in total. The fraction of sp³-hybridized carbons (Fsp3) is 0.364. The molecule has 0 bridgehead atoms. The van der Waals surface area contributed by atoms with Crippen molar-refractivity contribution in [3.8, 4) is 23.0 Å². The van der Waals surface area contributed by atoms with E-state index in [1.165, 1.54) is 25.3 Å². The Kier molecular flexibility index (Phi) is 7.88. The van der Waals surface area contributed by atoms with Gasteiger partial charge in [0.2, 0.25) is 11.6 Å². The molecule has 2 aliphatic carbocycles. The molecule has 6 unspecified atom stereocenters. The monoisotopic (exact) mass is 619 g/mol. The van der Waals surface area contributed by atoms with Crippen LogP contribution in [0, 0.1) is 0 Å². The molecule has 45 heavy (non-hydrogen) atoms. The maximum absolute atomic E-state index is 13.8. The molecule has 1 saturated heterocycles. The topological polar surface area (TPSA) is 195 Å². The first kappa shape index (κ1) is 30.7. The van der Waals surface area contributed by atoms with E-state index in [0.29, 0.717) is 5.75 Å². The number of ketones is 3. The lowest BCUT2D eigenvalue weighted by atomic mass is 9.72. The third-order valence-electron chi connectivity index (χ3n) is 8.77. The van der Waals surface area contributed by atoms with Gasteiger partial charge < -0.3 is 45.1 Å². The number of aliphatic hydroxyl groups excluding tert-OH is 1. The second kappa shape index (κ2) is 11.5. The molecule has 12 nitrogen and oxygen atoms in total. The van der Waals surface area contributed by atoms with Crippen molar-refractivity contribution in [3.05, 3.63) is 81.9 Å². The zero-order valence-corrected chi connectivity index (χ0v) is 24.6. The van der Waals surface area contributed by atoms with Crippen LogP contribution < -0.4 is 15.2 Å². The number of phenolic OH excluding ortho intramolecular Hbond substituents is 2. The highest BCUT2D eigenvalue weighted by Gasteiger charge is 2.50. The van der Waals surface area contributed by atoms with Gasteiger partial charge in [0.25, 0.3) is 0 Å². The predicted molar refractivity (Wildman–Crippen MR) is 157 cm³/mol. The van der Waals surface area contributed by atoms with Crippen molar-refractivity contribution in [1.82, 2.24) is 0 Å². The molecule has 0 saturated carbocycles. The van der Waals surface area contributed by atoms with Gasteiger partial charge >= 0.3 is 0 Å². The zero-order chi connectivity index (χ0) is 32.2. The Morgan fingerprint density at radius 1 is 1.02 bits per heavy atom. The van der Waals surface area contributed by atoms with Crippen molar-refractivity contribution < 1.29 is 53.8 Å². The zero-order valence-electron chi connectivity index (χ0n) is 24.6. The van der Waals surface area contributed by atoms with E-state index in [0.717, 1.165) is 0 Å². The van der Waals surface area contributed by atoms with Gasteiger partial charge in [-0.3, -0.25) is 14.4 Å². The molecule has 236 valence electrons. The summed E-state index contributed by atoms with van der Waals surface area (Å²) in [5, 5.41) is 45.4. The Balaban J connectivity index is 1.45. The van der Waals surface area contributed by atoms with Crippen LogP contribution in [0.25, 0.3) is 0 Å². The molecule has 12 heteroatoms. The van der Waals surface area contributed by atoms with Crippen LogP contribution in [-0.4, -0.2) is 81.6 Å². The maximum Gasteiger partial charge on any atom is 0.202 e. The molecule has 3 aromatic carbocycles. The van der Waals surface area contributed by atoms with Gasteiger partial charge in [-0.15, -0.1) is 0 Å². The summed E-state index contributed by atoms with van der Waals surface area (Å²) in [6.45, 7) is 1.07. The van der Waals surface area contributed by atoms with Crippen LogP contribution in [0.15, 0.2) is 48.5 Å². The van der Waals surface area contributed by atoms with E-state index in [-0.39, 0.29) is 34.4 Å². The average molecular weight is 620 g/mol. The van der Waals surface area contributed by atoms with Crippen molar-refractivity contribution in [2.75, 3.05) is 13.7 Å². The highest BCUT2D eigenvalue weighted by atomic mass is 16.7. The van der Waals surface area contributed by atoms with Crippen LogP contribution in [0.4, 0.5) is 0 Å². The number of carbonyl (C=O) groups excluding carboxylic acids is 3. The second-order valence-corrected chi connectivity index (χ2v) is 11.6. The fourth-order valence-electron chi connectivity index (χ4n) is 6.40. The van der Waals surface area contributed by atoms with Gasteiger partial charge in [-0.25, -0.2) is 0 Å². The number of aromatic hydroxyl groups is 2. The first-order valence-electron chi connectivity index (χ1n) is 14.5. The average Bonchev–Trinajstić information content (AvgIpc) is 3.02. The minimum Gasteiger partial charge on any atom is -0.507 e. The number of rotatable bonds is 7. The van der Waals surface area contributed by atoms with E-state index in [4.69, 9.17) is 24.7 Å². The Morgan fingerprint density at radius 2 is 1.73 bits per heavy atom. The first-order valence-corrected chi connectivity index (χ1v) is 14.5. The van der Waals surface area contributed by atoms with Gasteiger partial charge in [0, 0.05) is 42.0 Å². The van der Waals surface area contributed by atoms with Crippen LogP contribution in [0.5, 0.6) is 23.0 Å². The summed E-state index contributed by atoms with van der Waals surface area (Å²) in [7, 11) is 1.34. The van der Waals surface area contributed by atoms with Crippen molar-refractivity contribution in [1.29, 1.82) is 0 Å². The molecule has 6 rings (SSSR count). The van der Waals surface area contributed by atoms with E-state index in [2.05, 4.69) is 0 Å². The van der Waals surface area contributed by atoms with Crippen LogP contribution in [-0.2, 0) is 20.7 Å². The van der Waals surface area contributed by atoms with Crippen molar-refractivity contribution in [2.24, 2.45) is 5.73 Å². The lowest BCUT2D eigenvalue weighted by Gasteiger charge is -2.42.